The lowest BCUT2D eigenvalue weighted by Crippen LogP contribution is -1.94. The first kappa shape index (κ1) is 19.2. The maximum Gasteiger partial charge on any atom is 0.165 e. The molecule has 3 nitrogen and oxygen atoms in total. The molecule has 0 spiro atoms. The van der Waals surface area contributed by atoms with Gasteiger partial charge in [0.2, 0.25) is 0 Å². The second-order valence-corrected chi connectivity index (χ2v) is 8.01. The smallest absolute Gasteiger partial charge is 0.165 e. The summed E-state index contributed by atoms with van der Waals surface area (Å²) in [5.74, 6) is 0. The van der Waals surface area contributed by atoms with Crippen LogP contribution >= 0.6 is 0 Å². The number of hydrogen-bond donors (Lipinski definition) is 0. The van der Waals surface area contributed by atoms with Gasteiger partial charge >= 0.3 is 0 Å². The Labute approximate surface area is 192 Å². The third kappa shape index (κ3) is 3.60. The zero-order valence-corrected chi connectivity index (χ0v) is 18.0. The fourth-order valence-electron chi connectivity index (χ4n) is 4.30. The molecule has 0 aliphatic carbocycles. The Kier molecular flexibility index (Phi) is 4.78. The minimum atomic E-state index is 0.850. The van der Waals surface area contributed by atoms with Crippen molar-refractivity contribution in [3.05, 3.63) is 128 Å². The van der Waals surface area contributed by atoms with Crippen LogP contribution in [-0.2, 0) is 0 Å². The average molecular weight is 424 g/mol. The molecule has 0 aliphatic heterocycles. The molecular weight excluding hydrogens is 402 g/mol. The van der Waals surface area contributed by atoms with E-state index in [1.165, 1.54) is 22.3 Å². The summed E-state index contributed by atoms with van der Waals surface area (Å²) in [6.45, 7) is 0. The third-order valence-electron chi connectivity index (χ3n) is 5.95. The number of aromatic nitrogens is 3. The van der Waals surface area contributed by atoms with Crippen molar-refractivity contribution in [2.45, 2.75) is 0 Å². The van der Waals surface area contributed by atoms with E-state index in [4.69, 9.17) is 4.98 Å². The Balaban J connectivity index is 1.45. The summed E-state index contributed by atoms with van der Waals surface area (Å²) in [5, 5.41) is 0. The van der Waals surface area contributed by atoms with Crippen molar-refractivity contribution in [2.75, 3.05) is 0 Å². The van der Waals surface area contributed by atoms with Crippen molar-refractivity contribution in [1.29, 1.82) is 0 Å². The van der Waals surface area contributed by atoms with E-state index in [1.807, 2.05) is 30.7 Å². The third-order valence-corrected chi connectivity index (χ3v) is 5.95. The summed E-state index contributed by atoms with van der Waals surface area (Å²) in [4.78, 5) is 9.46. The fraction of sp³-hybridized carbons (Fsp3) is 0. The predicted octanol–water partition coefficient (Wildman–Crippen LogP) is 7.42. The van der Waals surface area contributed by atoms with Gasteiger partial charge in [-0.3, -0.25) is 4.57 Å². The summed E-state index contributed by atoms with van der Waals surface area (Å²) >= 11 is 0. The molecule has 156 valence electrons. The monoisotopic (exact) mass is 423 g/mol. The number of imidazole rings is 1. The molecule has 0 saturated heterocycles. The van der Waals surface area contributed by atoms with Crippen molar-refractivity contribution in [3.63, 3.8) is 0 Å². The molecule has 0 bridgehead atoms. The number of fused-ring (bicyclic) bond motifs is 1. The first-order valence-electron chi connectivity index (χ1n) is 11.0. The molecule has 0 atom stereocenters. The van der Waals surface area contributed by atoms with Crippen LogP contribution in [0.3, 0.4) is 0 Å². The van der Waals surface area contributed by atoms with Crippen LogP contribution in [0.5, 0.6) is 0 Å². The lowest BCUT2D eigenvalue weighted by molar-refractivity contribution is 1.07. The van der Waals surface area contributed by atoms with Gasteiger partial charge in [0.05, 0.1) is 0 Å². The first-order chi connectivity index (χ1) is 16.4. The van der Waals surface area contributed by atoms with E-state index in [-0.39, 0.29) is 0 Å². The first-order valence-corrected chi connectivity index (χ1v) is 11.0. The SMILES string of the molecule is c1ccc(-c2cccc(-c3ccnc4c3ncn4-c3cccc(-c4ccccc4)c3)c2)cc1. The Morgan fingerprint density at radius 1 is 0.485 bits per heavy atom. The highest BCUT2D eigenvalue weighted by molar-refractivity contribution is 5.91. The summed E-state index contributed by atoms with van der Waals surface area (Å²) < 4.78 is 2.06. The van der Waals surface area contributed by atoms with Crippen molar-refractivity contribution in [1.82, 2.24) is 14.5 Å². The molecule has 3 heteroatoms. The van der Waals surface area contributed by atoms with Gasteiger partial charge in [-0.1, -0.05) is 91.0 Å². The van der Waals surface area contributed by atoms with Crippen molar-refractivity contribution in [3.8, 4) is 39.1 Å². The summed E-state index contributed by atoms with van der Waals surface area (Å²) in [7, 11) is 0. The normalized spacial score (nSPS) is 11.0. The number of benzene rings is 4. The van der Waals surface area contributed by atoms with Crippen LogP contribution < -0.4 is 0 Å². The van der Waals surface area contributed by atoms with Crippen LogP contribution in [0, 0.1) is 0 Å². The fourth-order valence-corrected chi connectivity index (χ4v) is 4.30. The van der Waals surface area contributed by atoms with Gasteiger partial charge in [-0.25, -0.2) is 9.97 Å². The van der Waals surface area contributed by atoms with Gasteiger partial charge < -0.3 is 0 Å². The molecule has 2 aromatic heterocycles. The Morgan fingerprint density at radius 3 is 1.82 bits per heavy atom. The van der Waals surface area contributed by atoms with Gasteiger partial charge in [-0.15, -0.1) is 0 Å². The minimum Gasteiger partial charge on any atom is -0.283 e. The van der Waals surface area contributed by atoms with E-state index in [2.05, 4.69) is 107 Å². The molecule has 0 unspecified atom stereocenters. The van der Waals surface area contributed by atoms with Crippen LogP contribution in [0.25, 0.3) is 50.2 Å². The summed E-state index contributed by atoms with van der Waals surface area (Å²) in [6.07, 6.45) is 3.73. The lowest BCUT2D eigenvalue weighted by atomic mass is 9.99. The molecule has 0 N–H and O–H groups in total. The molecule has 33 heavy (non-hydrogen) atoms. The number of hydrogen-bond acceptors (Lipinski definition) is 2. The van der Waals surface area contributed by atoms with Crippen LogP contribution in [-0.4, -0.2) is 14.5 Å². The number of pyridine rings is 1. The maximum absolute atomic E-state index is 4.78. The van der Waals surface area contributed by atoms with E-state index in [0.717, 1.165) is 28.0 Å². The van der Waals surface area contributed by atoms with E-state index in [9.17, 15) is 0 Å². The van der Waals surface area contributed by atoms with Crippen LogP contribution in [0.15, 0.2) is 128 Å². The number of nitrogens with zero attached hydrogens (tertiary/aromatic N) is 3. The average Bonchev–Trinajstić information content (AvgIpc) is 3.34. The molecule has 2 heterocycles. The van der Waals surface area contributed by atoms with E-state index >= 15 is 0 Å². The molecule has 0 aliphatic rings. The molecule has 6 rings (SSSR count). The minimum absolute atomic E-state index is 0.850. The molecule has 0 fully saturated rings. The zero-order valence-electron chi connectivity index (χ0n) is 18.0. The zero-order chi connectivity index (χ0) is 22.0. The molecule has 4 aromatic carbocycles. The van der Waals surface area contributed by atoms with Gasteiger partial charge in [0, 0.05) is 17.4 Å². The van der Waals surface area contributed by atoms with E-state index < -0.39 is 0 Å². The van der Waals surface area contributed by atoms with E-state index in [1.54, 1.807) is 0 Å². The maximum atomic E-state index is 4.78. The van der Waals surface area contributed by atoms with Gasteiger partial charge in [0.25, 0.3) is 0 Å². The molecule has 6 aromatic rings. The second kappa shape index (κ2) is 8.21. The second-order valence-electron chi connectivity index (χ2n) is 8.01. The van der Waals surface area contributed by atoms with E-state index in [0.29, 0.717) is 0 Å². The largest absolute Gasteiger partial charge is 0.283 e. The Hall–Kier alpha value is -4.50. The summed E-state index contributed by atoms with van der Waals surface area (Å²) in [5.41, 5.74) is 9.75. The van der Waals surface area contributed by atoms with Crippen LogP contribution in [0.2, 0.25) is 0 Å². The standard InChI is InChI=1S/C30H21N3/c1-3-9-22(10-4-1)24-13-7-15-26(19-24)28-17-18-31-30-29(28)32-21-33(30)27-16-8-14-25(20-27)23-11-5-2-6-12-23/h1-21H. The van der Waals surface area contributed by atoms with Crippen molar-refractivity contribution >= 4 is 11.2 Å². The highest BCUT2D eigenvalue weighted by Crippen LogP contribution is 2.31. The van der Waals surface area contributed by atoms with Gasteiger partial charge in [0.1, 0.15) is 11.8 Å². The van der Waals surface area contributed by atoms with Crippen molar-refractivity contribution in [2.24, 2.45) is 0 Å². The topological polar surface area (TPSA) is 30.7 Å². The Bertz CT molecular complexity index is 1550. The van der Waals surface area contributed by atoms with Gasteiger partial charge in [-0.2, -0.15) is 0 Å². The lowest BCUT2D eigenvalue weighted by Gasteiger charge is -2.09. The highest BCUT2D eigenvalue weighted by Gasteiger charge is 2.13. The summed E-state index contributed by atoms with van der Waals surface area (Å²) in [6, 6.07) is 40.0. The number of rotatable bonds is 4. The van der Waals surface area contributed by atoms with Crippen molar-refractivity contribution < 1.29 is 0 Å². The Morgan fingerprint density at radius 2 is 1.09 bits per heavy atom. The van der Waals surface area contributed by atoms with Gasteiger partial charge in [-0.05, 0) is 52.1 Å². The highest BCUT2D eigenvalue weighted by atomic mass is 15.1. The predicted molar refractivity (Wildman–Crippen MR) is 135 cm³/mol. The van der Waals surface area contributed by atoms with Crippen LogP contribution in [0.1, 0.15) is 0 Å². The molecule has 0 radical (unpaired) electrons. The quantitative estimate of drug-likeness (QED) is 0.295. The van der Waals surface area contributed by atoms with Gasteiger partial charge in [0.15, 0.2) is 5.65 Å². The molecule has 0 saturated carbocycles. The molecule has 0 amide bonds. The molecular formula is C30H21N3. The van der Waals surface area contributed by atoms with Crippen LogP contribution in [0.4, 0.5) is 0 Å².